The summed E-state index contributed by atoms with van der Waals surface area (Å²) in [7, 11) is 0. The lowest BCUT2D eigenvalue weighted by molar-refractivity contribution is -0.122. The number of benzene rings is 1. The van der Waals surface area contributed by atoms with E-state index in [9.17, 15) is 4.79 Å². The van der Waals surface area contributed by atoms with Gasteiger partial charge in [0.25, 0.3) is 0 Å². The Balaban J connectivity index is 1.38. The summed E-state index contributed by atoms with van der Waals surface area (Å²) in [4.78, 5) is 16.8. The van der Waals surface area contributed by atoms with Gasteiger partial charge in [-0.15, -0.1) is 11.3 Å². The molecule has 5 heteroatoms. The molecule has 0 aliphatic heterocycles. The van der Waals surface area contributed by atoms with Crippen molar-refractivity contribution < 1.29 is 4.79 Å². The van der Waals surface area contributed by atoms with Crippen molar-refractivity contribution in [1.29, 1.82) is 0 Å². The van der Waals surface area contributed by atoms with Crippen molar-refractivity contribution in [3.63, 3.8) is 0 Å². The fourth-order valence-electron chi connectivity index (χ4n) is 3.55. The molecule has 3 N–H and O–H groups in total. The van der Waals surface area contributed by atoms with Crippen LogP contribution in [0.3, 0.4) is 0 Å². The third-order valence-corrected chi connectivity index (χ3v) is 6.04. The third kappa shape index (κ3) is 4.54. The van der Waals surface area contributed by atoms with Crippen LogP contribution < -0.4 is 11.1 Å². The first-order valence-electron chi connectivity index (χ1n) is 9.10. The average molecular weight is 346 g/mol. The van der Waals surface area contributed by atoms with Crippen LogP contribution in [0.15, 0.2) is 24.3 Å². The van der Waals surface area contributed by atoms with Crippen LogP contribution in [0.25, 0.3) is 10.2 Å². The minimum atomic E-state index is 0.185. The Labute approximate surface area is 147 Å². The molecule has 1 aliphatic rings. The molecule has 1 saturated carbocycles. The lowest BCUT2D eigenvalue weighted by Gasteiger charge is -2.31. The number of thiazole rings is 1. The Kier molecular flexibility index (Phi) is 6.21. The molecular formula is C19H27N3OS. The Morgan fingerprint density at radius 3 is 2.92 bits per heavy atom. The van der Waals surface area contributed by atoms with E-state index < -0.39 is 0 Å². The highest BCUT2D eigenvalue weighted by Crippen LogP contribution is 2.24. The number of aryl methyl sites for hydroxylation is 1. The molecule has 2 unspecified atom stereocenters. The van der Waals surface area contributed by atoms with Crippen molar-refractivity contribution in [2.45, 2.75) is 57.4 Å². The van der Waals surface area contributed by atoms with E-state index in [1.54, 1.807) is 11.3 Å². The van der Waals surface area contributed by atoms with Crippen LogP contribution in [-0.2, 0) is 11.2 Å². The number of carbonyl (C=O) groups is 1. The molecule has 0 spiro atoms. The second kappa shape index (κ2) is 8.58. The number of aromatic nitrogens is 1. The number of carbonyl (C=O) groups excluding carboxylic acids is 1. The number of unbranched alkanes of at least 4 members (excludes halogenated alkanes) is 1. The zero-order valence-corrected chi connectivity index (χ0v) is 15.0. The van der Waals surface area contributed by atoms with Gasteiger partial charge in [-0.3, -0.25) is 4.79 Å². The predicted molar refractivity (Wildman–Crippen MR) is 100 cm³/mol. The first-order valence-corrected chi connectivity index (χ1v) is 9.92. The molecule has 1 aliphatic carbocycles. The molecule has 1 fully saturated rings. The maximum Gasteiger partial charge on any atom is 0.220 e. The summed E-state index contributed by atoms with van der Waals surface area (Å²) in [6, 6.07) is 8.54. The van der Waals surface area contributed by atoms with E-state index in [-0.39, 0.29) is 5.91 Å². The van der Waals surface area contributed by atoms with Gasteiger partial charge in [0, 0.05) is 12.5 Å². The number of nitrogens with zero attached hydrogens (tertiary/aromatic N) is 1. The minimum Gasteiger partial charge on any atom is -0.353 e. The van der Waals surface area contributed by atoms with Gasteiger partial charge in [0.15, 0.2) is 0 Å². The van der Waals surface area contributed by atoms with E-state index >= 15 is 0 Å². The fraction of sp³-hybridized carbons (Fsp3) is 0.579. The van der Waals surface area contributed by atoms with Crippen molar-refractivity contribution >= 4 is 27.5 Å². The fourth-order valence-corrected chi connectivity index (χ4v) is 4.56. The number of amides is 1. The van der Waals surface area contributed by atoms with Gasteiger partial charge < -0.3 is 11.1 Å². The Bertz CT molecular complexity index is 636. The van der Waals surface area contributed by atoms with Crippen molar-refractivity contribution in [1.82, 2.24) is 10.3 Å². The van der Waals surface area contributed by atoms with E-state index in [1.165, 1.54) is 22.5 Å². The Hall–Kier alpha value is -1.46. The van der Waals surface area contributed by atoms with Gasteiger partial charge >= 0.3 is 0 Å². The van der Waals surface area contributed by atoms with Crippen molar-refractivity contribution in [2.24, 2.45) is 11.7 Å². The average Bonchev–Trinajstić information content (AvgIpc) is 3.02. The van der Waals surface area contributed by atoms with Gasteiger partial charge in [0.1, 0.15) is 0 Å². The van der Waals surface area contributed by atoms with E-state index in [1.807, 2.05) is 6.07 Å². The molecule has 1 amide bonds. The van der Waals surface area contributed by atoms with Crippen LogP contribution in [0, 0.1) is 5.92 Å². The van der Waals surface area contributed by atoms with Crippen LogP contribution in [-0.4, -0.2) is 23.5 Å². The standard InChI is InChI=1S/C19H27N3OS/c20-13-14-7-1-2-8-15(14)21-18(23)11-5-6-12-19-22-16-9-3-4-10-17(16)24-19/h3-4,9-10,14-15H,1-2,5-8,11-13,20H2,(H,21,23). The summed E-state index contributed by atoms with van der Waals surface area (Å²) in [5.41, 5.74) is 6.91. The molecule has 130 valence electrons. The second-order valence-electron chi connectivity index (χ2n) is 6.74. The summed E-state index contributed by atoms with van der Waals surface area (Å²) in [6.45, 7) is 0.683. The Morgan fingerprint density at radius 1 is 1.25 bits per heavy atom. The second-order valence-corrected chi connectivity index (χ2v) is 7.85. The molecule has 2 aromatic rings. The monoisotopic (exact) mass is 345 g/mol. The first-order chi connectivity index (χ1) is 11.8. The molecule has 0 saturated heterocycles. The van der Waals surface area contributed by atoms with Crippen molar-refractivity contribution in [3.8, 4) is 0 Å². The van der Waals surface area contributed by atoms with E-state index in [0.29, 0.717) is 24.9 Å². The van der Waals surface area contributed by atoms with E-state index in [4.69, 9.17) is 5.73 Å². The van der Waals surface area contributed by atoms with Crippen molar-refractivity contribution in [3.05, 3.63) is 29.3 Å². The third-order valence-electron chi connectivity index (χ3n) is 4.94. The summed E-state index contributed by atoms with van der Waals surface area (Å²) in [5.74, 6) is 0.648. The molecule has 1 aromatic carbocycles. The largest absolute Gasteiger partial charge is 0.353 e. The van der Waals surface area contributed by atoms with Crippen LogP contribution in [0.1, 0.15) is 50.0 Å². The number of hydrogen-bond donors (Lipinski definition) is 2. The molecular weight excluding hydrogens is 318 g/mol. The summed E-state index contributed by atoms with van der Waals surface area (Å²) in [6.07, 6.45) is 8.19. The molecule has 1 heterocycles. The lowest BCUT2D eigenvalue weighted by atomic mass is 9.84. The predicted octanol–water partition coefficient (Wildman–Crippen LogP) is 3.64. The number of para-hydroxylation sites is 1. The molecule has 3 rings (SSSR count). The SMILES string of the molecule is NCC1CCCCC1NC(=O)CCCCc1nc2ccccc2s1. The van der Waals surface area contributed by atoms with Crippen LogP contribution >= 0.6 is 11.3 Å². The van der Waals surface area contributed by atoms with Gasteiger partial charge in [-0.05, 0) is 56.7 Å². The zero-order chi connectivity index (χ0) is 16.8. The lowest BCUT2D eigenvalue weighted by Crippen LogP contribution is -2.44. The number of nitrogens with one attached hydrogen (secondary N) is 1. The maximum atomic E-state index is 12.2. The van der Waals surface area contributed by atoms with Gasteiger partial charge in [0.05, 0.1) is 15.2 Å². The van der Waals surface area contributed by atoms with Gasteiger partial charge in [-0.1, -0.05) is 25.0 Å². The van der Waals surface area contributed by atoms with Crippen LogP contribution in [0.2, 0.25) is 0 Å². The first kappa shape index (κ1) is 17.4. The van der Waals surface area contributed by atoms with Gasteiger partial charge in [-0.25, -0.2) is 4.98 Å². The van der Waals surface area contributed by atoms with Crippen LogP contribution in [0.5, 0.6) is 0 Å². The normalized spacial score (nSPS) is 21.0. The molecule has 1 aromatic heterocycles. The summed E-state index contributed by atoms with van der Waals surface area (Å²) >= 11 is 1.76. The maximum absolute atomic E-state index is 12.2. The molecule has 2 atom stereocenters. The number of hydrogen-bond acceptors (Lipinski definition) is 4. The number of nitrogens with two attached hydrogens (primary N) is 1. The highest BCUT2D eigenvalue weighted by atomic mass is 32.1. The van der Waals surface area contributed by atoms with E-state index in [2.05, 4.69) is 28.5 Å². The highest BCUT2D eigenvalue weighted by molar-refractivity contribution is 7.18. The molecule has 24 heavy (non-hydrogen) atoms. The van der Waals surface area contributed by atoms with Gasteiger partial charge in [-0.2, -0.15) is 0 Å². The highest BCUT2D eigenvalue weighted by Gasteiger charge is 2.24. The smallest absolute Gasteiger partial charge is 0.220 e. The number of fused-ring (bicyclic) bond motifs is 1. The van der Waals surface area contributed by atoms with Crippen LogP contribution in [0.4, 0.5) is 0 Å². The topological polar surface area (TPSA) is 68.0 Å². The zero-order valence-electron chi connectivity index (χ0n) is 14.2. The molecule has 4 nitrogen and oxygen atoms in total. The summed E-state index contributed by atoms with van der Waals surface area (Å²) in [5, 5.41) is 4.38. The quantitative estimate of drug-likeness (QED) is 0.753. The Morgan fingerprint density at radius 2 is 2.08 bits per heavy atom. The number of rotatable bonds is 7. The van der Waals surface area contributed by atoms with Gasteiger partial charge in [0.2, 0.25) is 5.91 Å². The minimum absolute atomic E-state index is 0.185. The summed E-state index contributed by atoms with van der Waals surface area (Å²) < 4.78 is 1.25. The van der Waals surface area contributed by atoms with Crippen molar-refractivity contribution in [2.75, 3.05) is 6.54 Å². The molecule has 0 bridgehead atoms. The molecule has 0 radical (unpaired) electrons. The van der Waals surface area contributed by atoms with E-state index in [0.717, 1.165) is 37.6 Å².